The van der Waals surface area contributed by atoms with Crippen LogP contribution in [0.5, 0.6) is 0 Å². The van der Waals surface area contributed by atoms with Gasteiger partial charge < -0.3 is 0 Å². The molecule has 1 aliphatic heterocycles. The average Bonchev–Trinajstić information content (AvgIpc) is 2.52. The molecule has 2 aromatic carbocycles. The molecule has 0 amide bonds. The largest absolute Gasteiger partial charge is 0.287 e. The zero-order valence-electron chi connectivity index (χ0n) is 12.4. The third-order valence-corrected chi connectivity index (χ3v) is 4.58. The van der Waals surface area contributed by atoms with Crippen molar-refractivity contribution in [2.75, 3.05) is 13.1 Å². The lowest BCUT2D eigenvalue weighted by Crippen LogP contribution is -2.51. The van der Waals surface area contributed by atoms with Crippen molar-refractivity contribution < 1.29 is 0 Å². The zero-order chi connectivity index (χ0) is 13.8. The number of hydrogen-bond donors (Lipinski definition) is 0. The zero-order valence-corrected chi connectivity index (χ0v) is 12.4. The number of benzene rings is 2. The molecule has 2 aromatic rings. The van der Waals surface area contributed by atoms with Crippen LogP contribution in [-0.4, -0.2) is 13.1 Å². The Morgan fingerprint density at radius 3 is 2.10 bits per heavy atom. The van der Waals surface area contributed by atoms with Crippen LogP contribution in [0.2, 0.25) is 0 Å². The Balaban J connectivity index is 1.92. The predicted octanol–water partition coefficient (Wildman–Crippen LogP) is 4.69. The van der Waals surface area contributed by atoms with Crippen LogP contribution in [0.3, 0.4) is 0 Å². The standard InChI is InChI=1S/C19H24N/c1-17-10-12-18(13-11-17)16-20(14-6-3-7-15-20)19-8-4-2-5-9-19/h2,4-5,8-13H,3,6-7,14-16H2,1H3/q+1. The molecule has 0 spiro atoms. The van der Waals surface area contributed by atoms with Gasteiger partial charge in [0.1, 0.15) is 12.2 Å². The second-order valence-corrected chi connectivity index (χ2v) is 6.13. The number of piperidine rings is 1. The monoisotopic (exact) mass is 266 g/mol. The van der Waals surface area contributed by atoms with Gasteiger partial charge in [-0.3, -0.25) is 4.48 Å². The minimum absolute atomic E-state index is 1.13. The summed E-state index contributed by atoms with van der Waals surface area (Å²) >= 11 is 0. The van der Waals surface area contributed by atoms with Gasteiger partial charge in [-0.05, 0) is 38.3 Å². The maximum absolute atomic E-state index is 2.31. The van der Waals surface area contributed by atoms with E-state index in [0.717, 1.165) is 11.0 Å². The number of quaternary nitrogens is 1. The molecule has 1 fully saturated rings. The van der Waals surface area contributed by atoms with E-state index in [1.165, 1.54) is 49.2 Å². The number of para-hydroxylation sites is 1. The number of rotatable bonds is 3. The molecule has 0 saturated carbocycles. The van der Waals surface area contributed by atoms with Crippen LogP contribution in [-0.2, 0) is 6.54 Å². The summed E-state index contributed by atoms with van der Waals surface area (Å²) < 4.78 is 1.13. The van der Waals surface area contributed by atoms with Crippen molar-refractivity contribution in [1.82, 2.24) is 4.48 Å². The summed E-state index contributed by atoms with van der Waals surface area (Å²) in [4.78, 5) is 0. The normalized spacial score (nSPS) is 17.9. The minimum atomic E-state index is 1.13. The van der Waals surface area contributed by atoms with Gasteiger partial charge in [-0.2, -0.15) is 0 Å². The molecule has 1 aliphatic rings. The van der Waals surface area contributed by atoms with E-state index >= 15 is 0 Å². The van der Waals surface area contributed by atoms with Crippen LogP contribution in [0.4, 0.5) is 5.69 Å². The van der Waals surface area contributed by atoms with E-state index in [1.54, 1.807) is 0 Å². The van der Waals surface area contributed by atoms with E-state index < -0.39 is 0 Å². The summed E-state index contributed by atoms with van der Waals surface area (Å²) in [5.41, 5.74) is 4.28. The smallest absolute Gasteiger partial charge is 0.133 e. The van der Waals surface area contributed by atoms with Crippen LogP contribution >= 0.6 is 0 Å². The lowest BCUT2D eigenvalue weighted by Gasteiger charge is -2.41. The van der Waals surface area contributed by atoms with E-state index in [9.17, 15) is 0 Å². The number of nitrogens with zero attached hydrogens (tertiary/aromatic N) is 1. The second kappa shape index (κ2) is 5.80. The maximum atomic E-state index is 2.31. The fourth-order valence-corrected chi connectivity index (χ4v) is 3.41. The summed E-state index contributed by atoms with van der Waals surface area (Å²) in [5, 5.41) is 0. The average molecular weight is 266 g/mol. The molecule has 0 bridgehead atoms. The van der Waals surface area contributed by atoms with Gasteiger partial charge in [-0.25, -0.2) is 0 Å². The van der Waals surface area contributed by atoms with Crippen LogP contribution in [0.15, 0.2) is 54.6 Å². The molecule has 3 rings (SSSR count). The molecule has 1 nitrogen and oxygen atoms in total. The molecule has 0 N–H and O–H groups in total. The van der Waals surface area contributed by atoms with Gasteiger partial charge in [-0.1, -0.05) is 48.0 Å². The predicted molar refractivity (Wildman–Crippen MR) is 86.7 cm³/mol. The summed E-state index contributed by atoms with van der Waals surface area (Å²) in [6.07, 6.45) is 4.09. The second-order valence-electron chi connectivity index (χ2n) is 6.13. The van der Waals surface area contributed by atoms with Crippen molar-refractivity contribution in [3.8, 4) is 0 Å². The van der Waals surface area contributed by atoms with E-state index in [4.69, 9.17) is 0 Å². The molecule has 1 saturated heterocycles. The highest BCUT2D eigenvalue weighted by Gasteiger charge is 2.32. The maximum Gasteiger partial charge on any atom is 0.133 e. The Labute approximate surface area is 122 Å². The summed E-state index contributed by atoms with van der Waals surface area (Å²) in [5.74, 6) is 0. The molecule has 0 aromatic heterocycles. The van der Waals surface area contributed by atoms with Gasteiger partial charge in [0.2, 0.25) is 0 Å². The van der Waals surface area contributed by atoms with Gasteiger partial charge in [0.25, 0.3) is 0 Å². The van der Waals surface area contributed by atoms with E-state index in [2.05, 4.69) is 61.5 Å². The van der Waals surface area contributed by atoms with Crippen molar-refractivity contribution in [2.45, 2.75) is 32.7 Å². The molecule has 1 heteroatoms. The van der Waals surface area contributed by atoms with E-state index in [-0.39, 0.29) is 0 Å². The molecule has 1 heterocycles. The lowest BCUT2D eigenvalue weighted by atomic mass is 10.0. The number of likely N-dealkylation sites (tertiary alicyclic amines) is 1. The Hall–Kier alpha value is -1.60. The Kier molecular flexibility index (Phi) is 3.88. The number of hydrogen-bond acceptors (Lipinski definition) is 0. The van der Waals surface area contributed by atoms with Gasteiger partial charge in [0, 0.05) is 5.56 Å². The Morgan fingerprint density at radius 2 is 1.45 bits per heavy atom. The Morgan fingerprint density at radius 1 is 0.800 bits per heavy atom. The first-order valence-corrected chi connectivity index (χ1v) is 7.76. The van der Waals surface area contributed by atoms with Gasteiger partial charge in [0.15, 0.2) is 0 Å². The van der Waals surface area contributed by atoms with Gasteiger partial charge in [-0.15, -0.1) is 0 Å². The highest BCUT2D eigenvalue weighted by Crippen LogP contribution is 2.30. The quantitative estimate of drug-likeness (QED) is 0.707. The van der Waals surface area contributed by atoms with Crippen molar-refractivity contribution in [3.63, 3.8) is 0 Å². The molecule has 20 heavy (non-hydrogen) atoms. The minimum Gasteiger partial charge on any atom is -0.287 e. The fourth-order valence-electron chi connectivity index (χ4n) is 3.41. The highest BCUT2D eigenvalue weighted by molar-refractivity contribution is 5.43. The van der Waals surface area contributed by atoms with Crippen LogP contribution in [0.25, 0.3) is 0 Å². The molecule has 0 unspecified atom stereocenters. The van der Waals surface area contributed by atoms with Crippen LogP contribution in [0, 0.1) is 6.92 Å². The Bertz CT molecular complexity index is 536. The topological polar surface area (TPSA) is 0 Å². The summed E-state index contributed by atoms with van der Waals surface area (Å²) in [6.45, 7) is 5.84. The van der Waals surface area contributed by atoms with E-state index in [0.29, 0.717) is 0 Å². The fraction of sp³-hybridized carbons (Fsp3) is 0.368. The third kappa shape index (κ3) is 2.78. The molecular weight excluding hydrogens is 242 g/mol. The lowest BCUT2D eigenvalue weighted by molar-refractivity contribution is 0.221. The molecule has 0 aliphatic carbocycles. The highest BCUT2D eigenvalue weighted by atomic mass is 15.4. The first kappa shape index (κ1) is 13.4. The van der Waals surface area contributed by atoms with Crippen LogP contribution < -0.4 is 4.48 Å². The third-order valence-electron chi connectivity index (χ3n) is 4.58. The van der Waals surface area contributed by atoms with Crippen molar-refractivity contribution in [3.05, 3.63) is 65.7 Å². The molecule has 104 valence electrons. The molecule has 0 radical (unpaired) electrons. The summed E-state index contributed by atoms with van der Waals surface area (Å²) in [6, 6.07) is 20.2. The SMILES string of the molecule is Cc1ccc(C[N+]2(c3ccccc3)CCCCC2)cc1. The summed E-state index contributed by atoms with van der Waals surface area (Å²) in [7, 11) is 0. The van der Waals surface area contributed by atoms with Crippen LogP contribution in [0.1, 0.15) is 30.4 Å². The molecule has 0 atom stereocenters. The molecular formula is C19H24N+. The van der Waals surface area contributed by atoms with Gasteiger partial charge >= 0.3 is 0 Å². The van der Waals surface area contributed by atoms with E-state index in [1.807, 2.05) is 0 Å². The van der Waals surface area contributed by atoms with Crippen molar-refractivity contribution in [1.29, 1.82) is 0 Å². The number of aryl methyl sites for hydroxylation is 1. The first-order valence-electron chi connectivity index (χ1n) is 7.76. The van der Waals surface area contributed by atoms with Gasteiger partial charge in [0.05, 0.1) is 13.1 Å². The van der Waals surface area contributed by atoms with Crippen molar-refractivity contribution >= 4 is 5.69 Å². The first-order chi connectivity index (χ1) is 9.78. The van der Waals surface area contributed by atoms with Crippen molar-refractivity contribution in [2.24, 2.45) is 0 Å².